The van der Waals surface area contributed by atoms with E-state index in [1.165, 1.54) is 16.0 Å². The lowest BCUT2D eigenvalue weighted by Crippen LogP contribution is -2.15. The van der Waals surface area contributed by atoms with Gasteiger partial charge in [0.2, 0.25) is 0 Å². The molecule has 0 atom stereocenters. The number of aryl methyl sites for hydroxylation is 3. The third-order valence-electron chi connectivity index (χ3n) is 3.87. The molecule has 0 bridgehead atoms. The van der Waals surface area contributed by atoms with Crippen molar-refractivity contribution < 1.29 is 4.79 Å². The van der Waals surface area contributed by atoms with Crippen molar-refractivity contribution in [2.24, 2.45) is 7.05 Å². The molecule has 2 heterocycles. The first-order valence-electron chi connectivity index (χ1n) is 7.40. The smallest absolute Gasteiger partial charge is 0.274 e. The third kappa shape index (κ3) is 2.82. The monoisotopic (exact) mass is 336 g/mol. The van der Waals surface area contributed by atoms with E-state index in [4.69, 9.17) is 0 Å². The van der Waals surface area contributed by atoms with Crippen LogP contribution in [0.3, 0.4) is 0 Å². The van der Waals surface area contributed by atoms with Gasteiger partial charge in [-0.15, -0.1) is 11.3 Å². The summed E-state index contributed by atoms with van der Waals surface area (Å²) in [6.07, 6.45) is 1.57. The SMILES string of the molecule is Cc1ccc(C)c(-c2csc(NC(=O)c3ccnn3C)c2C#N)c1. The van der Waals surface area contributed by atoms with Gasteiger partial charge in [0.25, 0.3) is 5.91 Å². The molecule has 0 aliphatic heterocycles. The van der Waals surface area contributed by atoms with E-state index < -0.39 is 0 Å². The predicted octanol–water partition coefficient (Wildman–Crippen LogP) is 3.89. The lowest BCUT2D eigenvalue weighted by atomic mass is 9.98. The van der Waals surface area contributed by atoms with Crippen LogP contribution in [0.15, 0.2) is 35.8 Å². The second-order valence-electron chi connectivity index (χ2n) is 5.58. The molecule has 2 aromatic heterocycles. The van der Waals surface area contributed by atoms with Crippen LogP contribution in [0.4, 0.5) is 5.00 Å². The number of anilines is 1. The highest BCUT2D eigenvalue weighted by atomic mass is 32.1. The van der Waals surface area contributed by atoms with Crippen molar-refractivity contribution in [1.29, 1.82) is 5.26 Å². The number of nitrogens with zero attached hydrogens (tertiary/aromatic N) is 3. The van der Waals surface area contributed by atoms with Gasteiger partial charge in [-0.25, -0.2) is 0 Å². The molecule has 0 radical (unpaired) electrons. The molecule has 5 nitrogen and oxygen atoms in total. The fourth-order valence-electron chi connectivity index (χ4n) is 2.55. The summed E-state index contributed by atoms with van der Waals surface area (Å²) in [4.78, 5) is 12.4. The Hall–Kier alpha value is -2.91. The number of benzene rings is 1. The minimum atomic E-state index is -0.277. The quantitative estimate of drug-likeness (QED) is 0.789. The number of amides is 1. The molecule has 0 saturated heterocycles. The van der Waals surface area contributed by atoms with Crippen LogP contribution in [0.1, 0.15) is 27.2 Å². The summed E-state index contributed by atoms with van der Waals surface area (Å²) in [5.41, 5.74) is 5.03. The Bertz CT molecular complexity index is 962. The number of carbonyl (C=O) groups excluding carboxylic acids is 1. The number of rotatable bonds is 3. The molecule has 1 N–H and O–H groups in total. The standard InChI is InChI=1S/C18H16N4OS/c1-11-4-5-12(2)13(8-11)15-10-24-18(14(15)9-19)21-17(23)16-6-7-20-22(16)3/h4-8,10H,1-3H3,(H,21,23). The second-order valence-corrected chi connectivity index (χ2v) is 6.46. The predicted molar refractivity (Wildman–Crippen MR) is 95.1 cm³/mol. The summed E-state index contributed by atoms with van der Waals surface area (Å²) in [5.74, 6) is -0.277. The van der Waals surface area contributed by atoms with Crippen LogP contribution in [0.2, 0.25) is 0 Å². The summed E-state index contributed by atoms with van der Waals surface area (Å²) in [6, 6.07) is 10.0. The van der Waals surface area contributed by atoms with Gasteiger partial charge in [0.1, 0.15) is 16.8 Å². The zero-order valence-electron chi connectivity index (χ0n) is 13.6. The number of hydrogen-bond acceptors (Lipinski definition) is 4. The molecule has 0 aliphatic carbocycles. The van der Waals surface area contributed by atoms with Gasteiger partial charge in [-0.1, -0.05) is 23.8 Å². The molecule has 24 heavy (non-hydrogen) atoms. The molecule has 0 fully saturated rings. The van der Waals surface area contributed by atoms with Crippen LogP contribution in [-0.4, -0.2) is 15.7 Å². The highest BCUT2D eigenvalue weighted by molar-refractivity contribution is 7.15. The van der Waals surface area contributed by atoms with E-state index in [2.05, 4.69) is 22.6 Å². The number of nitriles is 1. The van der Waals surface area contributed by atoms with Gasteiger partial charge in [-0.3, -0.25) is 9.48 Å². The summed E-state index contributed by atoms with van der Waals surface area (Å²) in [7, 11) is 1.70. The third-order valence-corrected chi connectivity index (χ3v) is 4.76. The van der Waals surface area contributed by atoms with Crippen molar-refractivity contribution in [3.8, 4) is 17.2 Å². The molecule has 0 spiro atoms. The molecule has 6 heteroatoms. The molecular weight excluding hydrogens is 320 g/mol. The van der Waals surface area contributed by atoms with Crippen LogP contribution in [-0.2, 0) is 7.05 Å². The fraction of sp³-hybridized carbons (Fsp3) is 0.167. The van der Waals surface area contributed by atoms with Crippen molar-refractivity contribution in [1.82, 2.24) is 9.78 Å². The van der Waals surface area contributed by atoms with Crippen molar-refractivity contribution in [3.63, 3.8) is 0 Å². The maximum atomic E-state index is 12.4. The highest BCUT2D eigenvalue weighted by Crippen LogP contribution is 2.37. The Morgan fingerprint density at radius 1 is 1.29 bits per heavy atom. The number of carbonyl (C=O) groups is 1. The lowest BCUT2D eigenvalue weighted by Gasteiger charge is -2.07. The van der Waals surface area contributed by atoms with E-state index in [0.29, 0.717) is 16.3 Å². The molecular formula is C18H16N4OS. The van der Waals surface area contributed by atoms with Crippen molar-refractivity contribution in [2.45, 2.75) is 13.8 Å². The summed E-state index contributed by atoms with van der Waals surface area (Å²) in [6.45, 7) is 4.04. The van der Waals surface area contributed by atoms with Crippen LogP contribution in [0.5, 0.6) is 0 Å². The van der Waals surface area contributed by atoms with Crippen molar-refractivity contribution >= 4 is 22.2 Å². The van der Waals surface area contributed by atoms with Crippen LogP contribution in [0.25, 0.3) is 11.1 Å². The molecule has 0 aliphatic rings. The molecule has 1 amide bonds. The number of thiophene rings is 1. The first kappa shape index (κ1) is 16.0. The van der Waals surface area contributed by atoms with Crippen molar-refractivity contribution in [3.05, 3.63) is 58.2 Å². The van der Waals surface area contributed by atoms with Crippen LogP contribution >= 0.6 is 11.3 Å². The van der Waals surface area contributed by atoms with Gasteiger partial charge in [-0.2, -0.15) is 10.4 Å². The zero-order chi connectivity index (χ0) is 17.3. The van der Waals surface area contributed by atoms with E-state index in [1.807, 2.05) is 31.4 Å². The molecule has 120 valence electrons. The Morgan fingerprint density at radius 3 is 2.75 bits per heavy atom. The van der Waals surface area contributed by atoms with Gasteiger partial charge in [0, 0.05) is 24.2 Å². The molecule has 0 saturated carbocycles. The average Bonchev–Trinajstić information content (AvgIpc) is 3.15. The van der Waals surface area contributed by atoms with E-state index in [0.717, 1.165) is 22.3 Å². The summed E-state index contributed by atoms with van der Waals surface area (Å²) in [5, 5.41) is 18.9. The molecule has 3 rings (SSSR count). The lowest BCUT2D eigenvalue weighted by molar-refractivity contribution is 0.101. The first-order chi connectivity index (χ1) is 11.5. The minimum absolute atomic E-state index is 0.277. The van der Waals surface area contributed by atoms with E-state index >= 15 is 0 Å². The van der Waals surface area contributed by atoms with Crippen LogP contribution < -0.4 is 5.32 Å². The maximum Gasteiger partial charge on any atom is 0.274 e. The Kier molecular flexibility index (Phi) is 4.19. The van der Waals surface area contributed by atoms with E-state index in [9.17, 15) is 10.1 Å². The topological polar surface area (TPSA) is 70.7 Å². The largest absolute Gasteiger partial charge is 0.311 e. The molecule has 0 unspecified atom stereocenters. The average molecular weight is 336 g/mol. The van der Waals surface area contributed by atoms with Crippen molar-refractivity contribution in [2.75, 3.05) is 5.32 Å². The number of nitrogens with one attached hydrogen (secondary N) is 1. The Balaban J connectivity index is 1.99. The number of aromatic nitrogens is 2. The highest BCUT2D eigenvalue weighted by Gasteiger charge is 2.18. The molecule has 1 aromatic carbocycles. The number of hydrogen-bond donors (Lipinski definition) is 1. The maximum absolute atomic E-state index is 12.4. The second kappa shape index (κ2) is 6.30. The van der Waals surface area contributed by atoms with Gasteiger partial charge in [0.15, 0.2) is 0 Å². The van der Waals surface area contributed by atoms with Gasteiger partial charge in [0.05, 0.1) is 5.56 Å². The fourth-order valence-corrected chi connectivity index (χ4v) is 3.45. The summed E-state index contributed by atoms with van der Waals surface area (Å²) >= 11 is 1.36. The first-order valence-corrected chi connectivity index (χ1v) is 8.27. The van der Waals surface area contributed by atoms with Crippen LogP contribution in [0, 0.1) is 25.2 Å². The Morgan fingerprint density at radius 2 is 2.08 bits per heavy atom. The normalized spacial score (nSPS) is 10.4. The van der Waals surface area contributed by atoms with E-state index in [1.54, 1.807) is 19.3 Å². The van der Waals surface area contributed by atoms with Gasteiger partial charge >= 0.3 is 0 Å². The van der Waals surface area contributed by atoms with Gasteiger partial charge < -0.3 is 5.32 Å². The Labute approximate surface area is 144 Å². The molecule has 3 aromatic rings. The van der Waals surface area contributed by atoms with Gasteiger partial charge in [-0.05, 0) is 31.0 Å². The zero-order valence-corrected chi connectivity index (χ0v) is 14.4. The summed E-state index contributed by atoms with van der Waals surface area (Å²) < 4.78 is 1.50. The minimum Gasteiger partial charge on any atom is -0.311 e. The van der Waals surface area contributed by atoms with E-state index in [-0.39, 0.29) is 5.91 Å².